The van der Waals surface area contributed by atoms with Gasteiger partial charge in [0, 0.05) is 24.8 Å². The predicted molar refractivity (Wildman–Crippen MR) is 100 cm³/mol. The minimum atomic E-state index is -3.64. The Labute approximate surface area is 149 Å². The van der Waals surface area contributed by atoms with Gasteiger partial charge in [0.15, 0.2) is 0 Å². The fraction of sp³-hybridized carbons (Fsp3) is 0.412. The molecule has 4 N–H and O–H groups in total. The Morgan fingerprint density at radius 2 is 1.80 bits per heavy atom. The Balaban J connectivity index is 1.93. The van der Waals surface area contributed by atoms with Crippen molar-refractivity contribution in [2.75, 3.05) is 23.7 Å². The molecule has 0 aliphatic rings. The molecule has 2 rings (SSSR count). The number of aromatic nitrogens is 2. The van der Waals surface area contributed by atoms with Gasteiger partial charge in [-0.15, -0.1) is 0 Å². The fourth-order valence-corrected chi connectivity index (χ4v) is 2.73. The molecule has 0 saturated heterocycles. The van der Waals surface area contributed by atoms with Gasteiger partial charge in [0.25, 0.3) is 0 Å². The number of aryl methyl sites for hydroxylation is 1. The molecule has 2 aromatic rings. The molecule has 0 atom stereocenters. The van der Waals surface area contributed by atoms with Crippen molar-refractivity contribution in [3.8, 4) is 0 Å². The van der Waals surface area contributed by atoms with E-state index in [-0.39, 0.29) is 4.90 Å². The lowest BCUT2D eigenvalue weighted by Gasteiger charge is -2.11. The number of nitrogens with two attached hydrogens (primary N) is 1. The van der Waals surface area contributed by atoms with E-state index < -0.39 is 10.0 Å². The molecule has 25 heavy (non-hydrogen) atoms. The maximum atomic E-state index is 11.2. The summed E-state index contributed by atoms with van der Waals surface area (Å²) in [5.74, 6) is 1.90. The van der Waals surface area contributed by atoms with Gasteiger partial charge >= 0.3 is 0 Å². The molecule has 0 aliphatic carbocycles. The van der Waals surface area contributed by atoms with E-state index in [9.17, 15) is 8.42 Å². The van der Waals surface area contributed by atoms with Gasteiger partial charge in [-0.05, 0) is 37.0 Å². The molecule has 1 aromatic carbocycles. The summed E-state index contributed by atoms with van der Waals surface area (Å²) in [6, 6.07) is 8.47. The molecule has 0 radical (unpaired) electrons. The first kappa shape index (κ1) is 19.1. The number of hydrogen-bond acceptors (Lipinski definition) is 6. The van der Waals surface area contributed by atoms with E-state index in [1.54, 1.807) is 12.1 Å². The van der Waals surface area contributed by atoms with Gasteiger partial charge in [-0.25, -0.2) is 18.5 Å². The van der Waals surface area contributed by atoms with Crippen LogP contribution in [0.3, 0.4) is 0 Å². The van der Waals surface area contributed by atoms with Crippen molar-refractivity contribution in [2.24, 2.45) is 11.1 Å². The van der Waals surface area contributed by atoms with Crippen molar-refractivity contribution in [1.82, 2.24) is 9.97 Å². The molecule has 1 heterocycles. The van der Waals surface area contributed by atoms with Gasteiger partial charge in [-0.3, -0.25) is 0 Å². The summed E-state index contributed by atoms with van der Waals surface area (Å²) in [6.07, 6.45) is 0.739. The zero-order valence-electron chi connectivity index (χ0n) is 14.8. The van der Waals surface area contributed by atoms with Crippen LogP contribution in [0.2, 0.25) is 0 Å². The van der Waals surface area contributed by atoms with E-state index in [1.807, 2.05) is 13.0 Å². The standard InChI is InChI=1S/C17H25N5O2S/c1-12(2)11-20-17-21-13(3)10-16(22-17)19-9-8-14-4-6-15(7-5-14)25(18,23)24/h4-7,10,12H,8-9,11H2,1-3H3,(H2,18,23,24)(H2,19,20,21,22). The lowest BCUT2D eigenvalue weighted by atomic mass is 10.1. The average molecular weight is 363 g/mol. The molecule has 8 heteroatoms. The first-order chi connectivity index (χ1) is 11.7. The first-order valence-corrected chi connectivity index (χ1v) is 9.74. The smallest absolute Gasteiger partial charge is 0.238 e. The van der Waals surface area contributed by atoms with Crippen molar-refractivity contribution >= 4 is 21.8 Å². The largest absolute Gasteiger partial charge is 0.370 e. The SMILES string of the molecule is Cc1cc(NCCc2ccc(S(N)(=O)=O)cc2)nc(NCC(C)C)n1. The van der Waals surface area contributed by atoms with Crippen molar-refractivity contribution in [2.45, 2.75) is 32.1 Å². The summed E-state index contributed by atoms with van der Waals surface area (Å²) in [4.78, 5) is 8.95. The molecule has 0 fully saturated rings. The highest BCUT2D eigenvalue weighted by atomic mass is 32.2. The van der Waals surface area contributed by atoms with Gasteiger partial charge in [0.05, 0.1) is 4.90 Å². The molecule has 0 unspecified atom stereocenters. The molecule has 0 aliphatic heterocycles. The summed E-state index contributed by atoms with van der Waals surface area (Å²) in [5.41, 5.74) is 1.91. The molecule has 1 aromatic heterocycles. The molecule has 0 bridgehead atoms. The fourth-order valence-electron chi connectivity index (χ4n) is 2.21. The summed E-state index contributed by atoms with van der Waals surface area (Å²) in [6.45, 7) is 7.68. The number of sulfonamides is 1. The number of primary sulfonamides is 1. The van der Waals surface area contributed by atoms with Gasteiger partial charge in [-0.2, -0.15) is 4.98 Å². The zero-order valence-corrected chi connectivity index (χ0v) is 15.6. The van der Waals surface area contributed by atoms with Gasteiger partial charge in [-0.1, -0.05) is 26.0 Å². The second kappa shape index (κ2) is 8.26. The quantitative estimate of drug-likeness (QED) is 0.663. The lowest BCUT2D eigenvalue weighted by Crippen LogP contribution is -2.13. The number of nitrogens with one attached hydrogen (secondary N) is 2. The normalized spacial score (nSPS) is 11.6. The van der Waals surface area contributed by atoms with Gasteiger partial charge in [0.1, 0.15) is 5.82 Å². The maximum absolute atomic E-state index is 11.2. The molecule has 136 valence electrons. The molecule has 0 spiro atoms. The van der Waals surface area contributed by atoms with Crippen LogP contribution in [-0.2, 0) is 16.4 Å². The third kappa shape index (κ3) is 6.32. The zero-order chi connectivity index (χ0) is 18.4. The molecule has 0 amide bonds. The highest BCUT2D eigenvalue weighted by Crippen LogP contribution is 2.12. The first-order valence-electron chi connectivity index (χ1n) is 8.19. The Hall–Kier alpha value is -2.19. The maximum Gasteiger partial charge on any atom is 0.238 e. The van der Waals surface area contributed by atoms with Crippen molar-refractivity contribution in [3.05, 3.63) is 41.6 Å². The van der Waals surface area contributed by atoms with E-state index in [0.29, 0.717) is 18.4 Å². The molecular weight excluding hydrogens is 338 g/mol. The molecule has 0 saturated carbocycles. The highest BCUT2D eigenvalue weighted by molar-refractivity contribution is 7.89. The predicted octanol–water partition coefficient (Wildman–Crippen LogP) is 2.15. The average Bonchev–Trinajstić information content (AvgIpc) is 2.52. The molecular formula is C17H25N5O2S. The minimum Gasteiger partial charge on any atom is -0.370 e. The van der Waals surface area contributed by atoms with Crippen molar-refractivity contribution < 1.29 is 8.42 Å². The van der Waals surface area contributed by atoms with Crippen molar-refractivity contribution in [1.29, 1.82) is 0 Å². The number of benzene rings is 1. The summed E-state index contributed by atoms with van der Waals surface area (Å²) in [7, 11) is -3.64. The Morgan fingerprint density at radius 3 is 2.40 bits per heavy atom. The molecule has 7 nitrogen and oxygen atoms in total. The number of rotatable bonds is 8. The van der Waals surface area contributed by atoms with Gasteiger partial charge in [0.2, 0.25) is 16.0 Å². The minimum absolute atomic E-state index is 0.122. The summed E-state index contributed by atoms with van der Waals surface area (Å²) < 4.78 is 22.5. The van der Waals surface area contributed by atoms with Crippen LogP contribution in [0.4, 0.5) is 11.8 Å². The van der Waals surface area contributed by atoms with Gasteiger partial charge < -0.3 is 10.6 Å². The van der Waals surface area contributed by atoms with Crippen LogP contribution in [-0.4, -0.2) is 31.5 Å². The van der Waals surface area contributed by atoms with Crippen LogP contribution >= 0.6 is 0 Å². The van der Waals surface area contributed by atoms with Crippen LogP contribution in [0.15, 0.2) is 35.2 Å². The van der Waals surface area contributed by atoms with E-state index >= 15 is 0 Å². The van der Waals surface area contributed by atoms with Crippen LogP contribution in [0.1, 0.15) is 25.1 Å². The van der Waals surface area contributed by atoms with Crippen LogP contribution in [0, 0.1) is 12.8 Å². The van der Waals surface area contributed by atoms with E-state index in [2.05, 4.69) is 34.4 Å². The van der Waals surface area contributed by atoms with Crippen LogP contribution < -0.4 is 15.8 Å². The van der Waals surface area contributed by atoms with Crippen LogP contribution in [0.5, 0.6) is 0 Å². The second-order valence-corrected chi connectivity index (χ2v) is 7.92. The summed E-state index contributed by atoms with van der Waals surface area (Å²) >= 11 is 0. The summed E-state index contributed by atoms with van der Waals surface area (Å²) in [5, 5.41) is 11.6. The monoisotopic (exact) mass is 363 g/mol. The Bertz CT molecular complexity index is 804. The van der Waals surface area contributed by atoms with E-state index in [4.69, 9.17) is 5.14 Å². The van der Waals surface area contributed by atoms with Crippen LogP contribution in [0.25, 0.3) is 0 Å². The Morgan fingerprint density at radius 1 is 1.12 bits per heavy atom. The number of anilines is 2. The number of hydrogen-bond donors (Lipinski definition) is 3. The highest BCUT2D eigenvalue weighted by Gasteiger charge is 2.07. The van der Waals surface area contributed by atoms with E-state index in [0.717, 1.165) is 30.0 Å². The third-order valence-corrected chi connectivity index (χ3v) is 4.42. The van der Waals surface area contributed by atoms with E-state index in [1.165, 1.54) is 12.1 Å². The Kier molecular flexibility index (Phi) is 6.33. The second-order valence-electron chi connectivity index (χ2n) is 6.36. The topological polar surface area (TPSA) is 110 Å². The third-order valence-electron chi connectivity index (χ3n) is 3.49. The number of nitrogens with zero attached hydrogens (tertiary/aromatic N) is 2. The lowest BCUT2D eigenvalue weighted by molar-refractivity contribution is 0.598. The van der Waals surface area contributed by atoms with Crippen molar-refractivity contribution in [3.63, 3.8) is 0 Å².